The van der Waals surface area contributed by atoms with Gasteiger partial charge in [-0.05, 0) is 25.5 Å². The molecule has 0 aliphatic rings. The van der Waals surface area contributed by atoms with Crippen molar-refractivity contribution in [2.45, 2.75) is 20.0 Å². The molecule has 0 amide bonds. The number of aryl methyl sites for hydroxylation is 1. The minimum Gasteiger partial charge on any atom is -0.473 e. The molecule has 0 saturated carbocycles. The summed E-state index contributed by atoms with van der Waals surface area (Å²) >= 11 is 0. The third-order valence-corrected chi connectivity index (χ3v) is 1.64. The summed E-state index contributed by atoms with van der Waals surface area (Å²) in [4.78, 5) is 0. The summed E-state index contributed by atoms with van der Waals surface area (Å²) in [7, 11) is 0. The van der Waals surface area contributed by atoms with Crippen LogP contribution in [0.1, 0.15) is 12.5 Å². The van der Waals surface area contributed by atoms with Crippen molar-refractivity contribution in [3.63, 3.8) is 0 Å². The summed E-state index contributed by atoms with van der Waals surface area (Å²) in [6.45, 7) is 3.22. The van der Waals surface area contributed by atoms with Gasteiger partial charge in [-0.3, -0.25) is 0 Å². The Morgan fingerprint density at radius 2 is 2.23 bits per heavy atom. The number of rotatable bonds is 2. The molecule has 0 aromatic heterocycles. The largest absolute Gasteiger partial charge is 0.473 e. The third-order valence-electron chi connectivity index (χ3n) is 1.64. The van der Waals surface area contributed by atoms with E-state index in [2.05, 4.69) is 0 Å². The van der Waals surface area contributed by atoms with Crippen LogP contribution in [0.3, 0.4) is 0 Å². The first-order valence-corrected chi connectivity index (χ1v) is 3.96. The number of hydrogen-bond donors (Lipinski definition) is 0. The zero-order valence-corrected chi connectivity index (χ0v) is 7.54. The lowest BCUT2D eigenvalue weighted by Crippen LogP contribution is -2.09. The van der Waals surface area contributed by atoms with Gasteiger partial charge in [-0.2, -0.15) is 5.26 Å². The van der Waals surface area contributed by atoms with Gasteiger partial charge in [-0.25, -0.2) is 4.39 Å². The van der Waals surface area contributed by atoms with E-state index >= 15 is 0 Å². The fourth-order valence-corrected chi connectivity index (χ4v) is 0.928. The first-order valence-electron chi connectivity index (χ1n) is 3.96. The van der Waals surface area contributed by atoms with Crippen LogP contribution in [-0.2, 0) is 0 Å². The van der Waals surface area contributed by atoms with Crippen molar-refractivity contribution < 1.29 is 9.13 Å². The van der Waals surface area contributed by atoms with E-state index in [1.165, 1.54) is 6.07 Å². The molecule has 0 spiro atoms. The average Bonchev–Trinajstić information content (AvgIpc) is 2.13. The molecule has 13 heavy (non-hydrogen) atoms. The Labute approximate surface area is 76.6 Å². The van der Waals surface area contributed by atoms with Crippen molar-refractivity contribution >= 4 is 0 Å². The zero-order chi connectivity index (χ0) is 9.84. The highest BCUT2D eigenvalue weighted by Crippen LogP contribution is 2.20. The highest BCUT2D eigenvalue weighted by atomic mass is 19.1. The number of ether oxygens (including phenoxy) is 1. The molecule has 0 fully saturated rings. The molecule has 68 valence electrons. The highest BCUT2D eigenvalue weighted by molar-refractivity contribution is 5.30. The molecule has 0 aliphatic carbocycles. The molecule has 0 saturated heterocycles. The fraction of sp³-hybridized carbons (Fsp3) is 0.300. The number of halogens is 1. The SMILES string of the molecule is Cc1cccc(OC(C)C#N)c1F. The summed E-state index contributed by atoms with van der Waals surface area (Å²) in [6, 6.07) is 6.73. The third kappa shape index (κ3) is 2.19. The summed E-state index contributed by atoms with van der Waals surface area (Å²) in [6.07, 6.45) is -0.628. The maximum atomic E-state index is 13.3. The number of nitrogens with zero attached hydrogens (tertiary/aromatic N) is 1. The fourth-order valence-electron chi connectivity index (χ4n) is 0.928. The van der Waals surface area contributed by atoms with Crippen LogP contribution in [0.2, 0.25) is 0 Å². The smallest absolute Gasteiger partial charge is 0.181 e. The quantitative estimate of drug-likeness (QED) is 0.698. The van der Waals surface area contributed by atoms with Gasteiger partial charge in [0.2, 0.25) is 0 Å². The Morgan fingerprint density at radius 3 is 2.85 bits per heavy atom. The topological polar surface area (TPSA) is 33.0 Å². The predicted molar refractivity (Wildman–Crippen MR) is 46.8 cm³/mol. The van der Waals surface area contributed by atoms with E-state index in [9.17, 15) is 4.39 Å². The first-order chi connectivity index (χ1) is 6.15. The second kappa shape index (κ2) is 3.90. The van der Waals surface area contributed by atoms with Crippen LogP contribution in [-0.4, -0.2) is 6.10 Å². The lowest BCUT2D eigenvalue weighted by atomic mass is 10.2. The van der Waals surface area contributed by atoms with Crippen molar-refractivity contribution in [2.24, 2.45) is 0 Å². The second-order valence-corrected chi connectivity index (χ2v) is 2.78. The van der Waals surface area contributed by atoms with E-state index in [0.29, 0.717) is 5.56 Å². The molecule has 1 rings (SSSR count). The zero-order valence-electron chi connectivity index (χ0n) is 7.54. The van der Waals surface area contributed by atoms with Crippen LogP contribution < -0.4 is 4.74 Å². The molecule has 3 heteroatoms. The lowest BCUT2D eigenvalue weighted by molar-refractivity contribution is 0.262. The summed E-state index contributed by atoms with van der Waals surface area (Å²) in [5.74, 6) is -0.265. The Bertz CT molecular complexity index is 343. The second-order valence-electron chi connectivity index (χ2n) is 2.78. The molecule has 0 heterocycles. The van der Waals surface area contributed by atoms with Crippen LogP contribution in [0.4, 0.5) is 4.39 Å². The van der Waals surface area contributed by atoms with Gasteiger partial charge >= 0.3 is 0 Å². The van der Waals surface area contributed by atoms with E-state index in [-0.39, 0.29) is 5.75 Å². The van der Waals surface area contributed by atoms with E-state index in [0.717, 1.165) is 0 Å². The Balaban J connectivity index is 2.90. The van der Waals surface area contributed by atoms with E-state index < -0.39 is 11.9 Å². The van der Waals surface area contributed by atoms with E-state index in [1.54, 1.807) is 26.0 Å². The van der Waals surface area contributed by atoms with Crippen LogP contribution in [0, 0.1) is 24.1 Å². The van der Waals surface area contributed by atoms with Gasteiger partial charge in [-0.15, -0.1) is 0 Å². The summed E-state index contributed by atoms with van der Waals surface area (Å²) < 4.78 is 18.3. The molecular weight excluding hydrogens is 169 g/mol. The van der Waals surface area contributed by atoms with Crippen LogP contribution in [0.5, 0.6) is 5.75 Å². The van der Waals surface area contributed by atoms with Crippen molar-refractivity contribution in [1.29, 1.82) is 5.26 Å². The standard InChI is InChI=1S/C10H10FNO/c1-7-4-3-5-9(10(7)11)13-8(2)6-12/h3-5,8H,1-2H3. The first kappa shape index (κ1) is 9.53. The van der Waals surface area contributed by atoms with Crippen LogP contribution in [0.25, 0.3) is 0 Å². The molecular formula is C10H10FNO. The molecule has 0 aliphatic heterocycles. The van der Waals surface area contributed by atoms with Gasteiger partial charge in [0.25, 0.3) is 0 Å². The average molecular weight is 179 g/mol. The maximum Gasteiger partial charge on any atom is 0.181 e. The Morgan fingerprint density at radius 1 is 1.54 bits per heavy atom. The van der Waals surface area contributed by atoms with Crippen molar-refractivity contribution in [1.82, 2.24) is 0 Å². The summed E-state index contributed by atoms with van der Waals surface area (Å²) in [5, 5.41) is 8.46. The number of nitriles is 1. The highest BCUT2D eigenvalue weighted by Gasteiger charge is 2.08. The molecule has 1 unspecified atom stereocenters. The van der Waals surface area contributed by atoms with Crippen LogP contribution in [0.15, 0.2) is 18.2 Å². The Hall–Kier alpha value is -1.56. The van der Waals surface area contributed by atoms with Gasteiger partial charge in [0.1, 0.15) is 6.07 Å². The monoisotopic (exact) mass is 179 g/mol. The molecule has 1 aromatic carbocycles. The van der Waals surface area contributed by atoms with Crippen molar-refractivity contribution in [3.05, 3.63) is 29.6 Å². The van der Waals surface area contributed by atoms with Gasteiger partial charge in [0.05, 0.1) is 0 Å². The predicted octanol–water partition coefficient (Wildman–Crippen LogP) is 2.43. The van der Waals surface area contributed by atoms with E-state index in [1.807, 2.05) is 6.07 Å². The minimum atomic E-state index is -0.628. The van der Waals surface area contributed by atoms with Gasteiger partial charge < -0.3 is 4.74 Å². The van der Waals surface area contributed by atoms with Crippen molar-refractivity contribution in [2.75, 3.05) is 0 Å². The lowest BCUT2D eigenvalue weighted by Gasteiger charge is -2.09. The molecule has 0 N–H and O–H groups in total. The molecule has 2 nitrogen and oxygen atoms in total. The molecule has 0 bridgehead atoms. The van der Waals surface area contributed by atoms with Crippen LogP contribution >= 0.6 is 0 Å². The van der Waals surface area contributed by atoms with E-state index in [4.69, 9.17) is 10.00 Å². The normalized spacial score (nSPS) is 11.8. The molecule has 1 atom stereocenters. The molecule has 1 aromatic rings. The maximum absolute atomic E-state index is 13.3. The summed E-state index contributed by atoms with van der Waals surface area (Å²) in [5.41, 5.74) is 0.516. The van der Waals surface area contributed by atoms with Gasteiger partial charge in [0.15, 0.2) is 17.7 Å². The number of benzene rings is 1. The Kier molecular flexibility index (Phi) is 2.86. The van der Waals surface area contributed by atoms with Gasteiger partial charge in [0, 0.05) is 0 Å². The number of hydrogen-bond acceptors (Lipinski definition) is 2. The van der Waals surface area contributed by atoms with Crippen molar-refractivity contribution in [3.8, 4) is 11.8 Å². The minimum absolute atomic E-state index is 0.133. The molecule has 0 radical (unpaired) electrons. The van der Waals surface area contributed by atoms with Gasteiger partial charge in [-0.1, -0.05) is 12.1 Å².